The molecule has 100 valence electrons. The first-order valence-corrected chi connectivity index (χ1v) is 6.82. The predicted octanol–water partition coefficient (Wildman–Crippen LogP) is 4.14. The molecular formula is C15H15BrFNO. The number of nitrogens with one attached hydrogen (secondary N) is 1. The molecule has 2 rings (SSSR count). The first kappa shape index (κ1) is 14.0. The molecule has 0 aliphatic heterocycles. The van der Waals surface area contributed by atoms with Crippen molar-refractivity contribution in [1.82, 2.24) is 5.32 Å². The van der Waals surface area contributed by atoms with Crippen molar-refractivity contribution in [3.63, 3.8) is 0 Å². The summed E-state index contributed by atoms with van der Waals surface area (Å²) in [6.07, 6.45) is 0. The van der Waals surface area contributed by atoms with Gasteiger partial charge in [0.15, 0.2) is 0 Å². The molecule has 2 N–H and O–H groups in total. The van der Waals surface area contributed by atoms with Gasteiger partial charge < -0.3 is 10.4 Å². The first-order chi connectivity index (χ1) is 9.06. The Hall–Kier alpha value is -1.39. The van der Waals surface area contributed by atoms with Gasteiger partial charge in [-0.3, -0.25) is 0 Å². The van der Waals surface area contributed by atoms with Crippen LogP contribution in [-0.4, -0.2) is 5.11 Å². The molecule has 0 radical (unpaired) electrons. The molecule has 0 amide bonds. The predicted molar refractivity (Wildman–Crippen MR) is 77.5 cm³/mol. The Morgan fingerprint density at radius 3 is 2.79 bits per heavy atom. The quantitative estimate of drug-likeness (QED) is 0.886. The van der Waals surface area contributed by atoms with Crippen molar-refractivity contribution in [2.75, 3.05) is 0 Å². The number of aromatic hydroxyl groups is 1. The van der Waals surface area contributed by atoms with Crippen LogP contribution in [0.2, 0.25) is 0 Å². The molecule has 0 heterocycles. The van der Waals surface area contributed by atoms with Crippen LogP contribution in [0, 0.1) is 5.82 Å². The minimum absolute atomic E-state index is 0.00841. The summed E-state index contributed by atoms with van der Waals surface area (Å²) in [4.78, 5) is 0. The third kappa shape index (κ3) is 3.78. The van der Waals surface area contributed by atoms with E-state index in [1.165, 1.54) is 12.1 Å². The zero-order chi connectivity index (χ0) is 13.8. The Bertz CT molecular complexity index is 574. The number of phenolic OH excluding ortho intramolecular Hbond substituents is 1. The molecule has 0 fully saturated rings. The Labute approximate surface area is 120 Å². The minimum Gasteiger partial charge on any atom is -0.508 e. The fourth-order valence-electron chi connectivity index (χ4n) is 1.85. The monoisotopic (exact) mass is 323 g/mol. The molecule has 2 aromatic carbocycles. The second-order valence-corrected chi connectivity index (χ2v) is 5.35. The third-order valence-electron chi connectivity index (χ3n) is 2.99. The molecule has 0 spiro atoms. The lowest BCUT2D eigenvalue weighted by molar-refractivity contribution is 0.460. The van der Waals surface area contributed by atoms with Crippen molar-refractivity contribution in [3.8, 4) is 5.75 Å². The van der Waals surface area contributed by atoms with Gasteiger partial charge in [0.1, 0.15) is 11.6 Å². The van der Waals surface area contributed by atoms with Crippen LogP contribution in [0.3, 0.4) is 0 Å². The standard InChI is InChI=1S/C15H15BrFNO/c1-10(11-3-2-4-14(17)8-11)18-9-12-7-13(16)5-6-15(12)19/h2-8,10,18-19H,9H2,1H3/t10-/m1/s1. The van der Waals surface area contributed by atoms with Gasteiger partial charge in [0.05, 0.1) is 0 Å². The number of phenols is 1. The summed E-state index contributed by atoms with van der Waals surface area (Å²) >= 11 is 3.37. The zero-order valence-corrected chi connectivity index (χ0v) is 12.1. The van der Waals surface area contributed by atoms with E-state index in [9.17, 15) is 9.50 Å². The Kier molecular flexibility index (Phi) is 4.56. The lowest BCUT2D eigenvalue weighted by Crippen LogP contribution is -2.18. The molecule has 0 aromatic heterocycles. The number of rotatable bonds is 4. The lowest BCUT2D eigenvalue weighted by atomic mass is 10.1. The molecule has 4 heteroatoms. The van der Waals surface area contributed by atoms with E-state index in [2.05, 4.69) is 21.2 Å². The largest absolute Gasteiger partial charge is 0.508 e. The highest BCUT2D eigenvalue weighted by Gasteiger charge is 2.08. The molecule has 0 aliphatic carbocycles. The van der Waals surface area contributed by atoms with E-state index in [0.29, 0.717) is 6.54 Å². The van der Waals surface area contributed by atoms with Crippen LogP contribution in [0.25, 0.3) is 0 Å². The molecule has 19 heavy (non-hydrogen) atoms. The summed E-state index contributed by atoms with van der Waals surface area (Å²) in [5.41, 5.74) is 1.69. The van der Waals surface area contributed by atoms with Gasteiger partial charge in [-0.05, 0) is 42.8 Å². The summed E-state index contributed by atoms with van der Waals surface area (Å²) in [6, 6.07) is 11.8. The summed E-state index contributed by atoms with van der Waals surface area (Å²) in [5.74, 6) is 0.0126. The minimum atomic E-state index is -0.239. The van der Waals surface area contributed by atoms with E-state index in [1.54, 1.807) is 18.2 Å². The van der Waals surface area contributed by atoms with E-state index in [4.69, 9.17) is 0 Å². The Balaban J connectivity index is 2.04. The fraction of sp³-hybridized carbons (Fsp3) is 0.200. The maximum Gasteiger partial charge on any atom is 0.123 e. The normalized spacial score (nSPS) is 12.4. The van der Waals surface area contributed by atoms with Crippen molar-refractivity contribution >= 4 is 15.9 Å². The van der Waals surface area contributed by atoms with Crippen LogP contribution < -0.4 is 5.32 Å². The topological polar surface area (TPSA) is 32.3 Å². The average molecular weight is 324 g/mol. The van der Waals surface area contributed by atoms with Gasteiger partial charge in [0.2, 0.25) is 0 Å². The molecule has 0 aliphatic rings. The zero-order valence-electron chi connectivity index (χ0n) is 10.5. The average Bonchev–Trinajstić information content (AvgIpc) is 2.39. The Morgan fingerprint density at radius 1 is 1.26 bits per heavy atom. The maximum atomic E-state index is 13.1. The molecule has 0 saturated carbocycles. The van der Waals surface area contributed by atoms with Gasteiger partial charge >= 0.3 is 0 Å². The highest BCUT2D eigenvalue weighted by Crippen LogP contribution is 2.22. The summed E-state index contributed by atoms with van der Waals surface area (Å²) in [7, 11) is 0. The van der Waals surface area contributed by atoms with E-state index in [1.807, 2.05) is 19.1 Å². The van der Waals surface area contributed by atoms with Crippen molar-refractivity contribution in [1.29, 1.82) is 0 Å². The smallest absolute Gasteiger partial charge is 0.123 e. The second-order valence-electron chi connectivity index (χ2n) is 4.43. The molecule has 0 unspecified atom stereocenters. The van der Waals surface area contributed by atoms with Gasteiger partial charge in [-0.1, -0.05) is 28.1 Å². The van der Waals surface area contributed by atoms with E-state index in [-0.39, 0.29) is 17.6 Å². The Morgan fingerprint density at radius 2 is 2.05 bits per heavy atom. The first-order valence-electron chi connectivity index (χ1n) is 6.02. The van der Waals surface area contributed by atoms with Crippen LogP contribution in [0.4, 0.5) is 4.39 Å². The van der Waals surface area contributed by atoms with Crippen LogP contribution in [0.15, 0.2) is 46.9 Å². The fourth-order valence-corrected chi connectivity index (χ4v) is 2.26. The van der Waals surface area contributed by atoms with Crippen molar-refractivity contribution in [2.45, 2.75) is 19.5 Å². The summed E-state index contributed by atoms with van der Waals surface area (Å²) in [5, 5.41) is 13.0. The van der Waals surface area contributed by atoms with E-state index >= 15 is 0 Å². The highest BCUT2D eigenvalue weighted by molar-refractivity contribution is 9.10. The van der Waals surface area contributed by atoms with Gasteiger partial charge in [0.25, 0.3) is 0 Å². The molecule has 1 atom stereocenters. The highest BCUT2D eigenvalue weighted by atomic mass is 79.9. The van der Waals surface area contributed by atoms with Gasteiger partial charge in [-0.2, -0.15) is 0 Å². The van der Waals surface area contributed by atoms with Crippen LogP contribution >= 0.6 is 15.9 Å². The molecular weight excluding hydrogens is 309 g/mol. The van der Waals surface area contributed by atoms with Crippen LogP contribution in [0.1, 0.15) is 24.1 Å². The number of hydrogen-bond donors (Lipinski definition) is 2. The second kappa shape index (κ2) is 6.17. The third-order valence-corrected chi connectivity index (χ3v) is 3.48. The number of benzene rings is 2. The summed E-state index contributed by atoms with van der Waals surface area (Å²) in [6.45, 7) is 2.48. The van der Waals surface area contributed by atoms with Gasteiger partial charge in [-0.25, -0.2) is 4.39 Å². The number of halogens is 2. The van der Waals surface area contributed by atoms with Gasteiger partial charge in [0, 0.05) is 22.6 Å². The summed E-state index contributed by atoms with van der Waals surface area (Å²) < 4.78 is 14.1. The van der Waals surface area contributed by atoms with Crippen molar-refractivity contribution < 1.29 is 9.50 Å². The molecule has 0 saturated heterocycles. The van der Waals surface area contributed by atoms with Crippen LogP contribution in [-0.2, 0) is 6.54 Å². The SMILES string of the molecule is C[C@@H](NCc1cc(Br)ccc1O)c1cccc(F)c1. The van der Waals surface area contributed by atoms with Crippen molar-refractivity contribution in [2.24, 2.45) is 0 Å². The van der Waals surface area contributed by atoms with Gasteiger partial charge in [-0.15, -0.1) is 0 Å². The lowest BCUT2D eigenvalue weighted by Gasteiger charge is -2.15. The molecule has 2 nitrogen and oxygen atoms in total. The maximum absolute atomic E-state index is 13.1. The number of hydrogen-bond acceptors (Lipinski definition) is 2. The van der Waals surface area contributed by atoms with E-state index < -0.39 is 0 Å². The molecule has 2 aromatic rings. The van der Waals surface area contributed by atoms with Crippen molar-refractivity contribution in [3.05, 3.63) is 63.9 Å². The van der Waals surface area contributed by atoms with E-state index in [0.717, 1.165) is 15.6 Å². The molecule has 0 bridgehead atoms. The van der Waals surface area contributed by atoms with Crippen LogP contribution in [0.5, 0.6) is 5.75 Å².